The van der Waals surface area contributed by atoms with Gasteiger partial charge >= 0.3 is 5.97 Å². The molecule has 5 nitrogen and oxygen atoms in total. The number of aliphatic carboxylic acids is 1. The maximum absolute atomic E-state index is 11.6. The van der Waals surface area contributed by atoms with Crippen molar-refractivity contribution in [1.29, 1.82) is 0 Å². The normalized spacial score (nSPS) is 11.0. The zero-order valence-electron chi connectivity index (χ0n) is 12.8. The molecular weight excluding hydrogens is 270 g/mol. The van der Waals surface area contributed by atoms with Gasteiger partial charge in [-0.15, -0.1) is 0 Å². The van der Waals surface area contributed by atoms with Crippen LogP contribution >= 0.6 is 0 Å². The molecule has 0 aliphatic heterocycles. The molecule has 116 valence electrons. The Morgan fingerprint density at radius 3 is 2.57 bits per heavy atom. The average molecular weight is 293 g/mol. The number of aryl methyl sites for hydroxylation is 1. The Labute approximate surface area is 125 Å². The van der Waals surface area contributed by atoms with E-state index in [0.717, 1.165) is 11.3 Å². The third-order valence-electron chi connectivity index (χ3n) is 3.21. The molecule has 1 aromatic carbocycles. The van der Waals surface area contributed by atoms with Crippen molar-refractivity contribution >= 4 is 11.9 Å². The molecular formula is C16H23NO4. The molecule has 1 rings (SSSR count). The zero-order valence-corrected chi connectivity index (χ0v) is 12.8. The fourth-order valence-electron chi connectivity index (χ4n) is 1.62. The second-order valence-electron chi connectivity index (χ2n) is 5.68. The van der Waals surface area contributed by atoms with Gasteiger partial charge in [0, 0.05) is 13.0 Å². The van der Waals surface area contributed by atoms with Crippen molar-refractivity contribution in [1.82, 2.24) is 5.32 Å². The quantitative estimate of drug-likeness (QED) is 0.722. The van der Waals surface area contributed by atoms with E-state index in [2.05, 4.69) is 5.32 Å². The van der Waals surface area contributed by atoms with Crippen molar-refractivity contribution in [3.8, 4) is 5.75 Å². The third-order valence-corrected chi connectivity index (χ3v) is 3.21. The van der Waals surface area contributed by atoms with Crippen LogP contribution < -0.4 is 10.1 Å². The number of carbonyl (C=O) groups is 2. The summed E-state index contributed by atoms with van der Waals surface area (Å²) in [5.74, 6) is -0.256. The second-order valence-corrected chi connectivity index (χ2v) is 5.68. The first kappa shape index (κ1) is 17.0. The van der Waals surface area contributed by atoms with Gasteiger partial charge in [0.2, 0.25) is 5.91 Å². The maximum Gasteiger partial charge on any atom is 0.310 e. The zero-order chi connectivity index (χ0) is 15.9. The first-order valence-corrected chi connectivity index (χ1v) is 7.01. The Bertz CT molecular complexity index is 497. The van der Waals surface area contributed by atoms with E-state index in [1.165, 1.54) is 0 Å². The number of hydrogen-bond acceptors (Lipinski definition) is 3. The lowest BCUT2D eigenvalue weighted by atomic mass is 9.94. The molecule has 2 N–H and O–H groups in total. The van der Waals surface area contributed by atoms with Gasteiger partial charge in [0.05, 0.1) is 12.0 Å². The van der Waals surface area contributed by atoms with Crippen molar-refractivity contribution in [2.75, 3.05) is 13.2 Å². The first-order chi connectivity index (χ1) is 9.83. The molecule has 0 saturated heterocycles. The number of para-hydroxylation sites is 1. The summed E-state index contributed by atoms with van der Waals surface area (Å²) in [6.45, 7) is 5.71. The van der Waals surface area contributed by atoms with Gasteiger partial charge < -0.3 is 15.2 Å². The molecule has 0 aliphatic rings. The second kappa shape index (κ2) is 7.67. The summed E-state index contributed by atoms with van der Waals surface area (Å²) in [5.41, 5.74) is 0.109. The molecule has 0 aliphatic carbocycles. The van der Waals surface area contributed by atoms with E-state index < -0.39 is 11.4 Å². The van der Waals surface area contributed by atoms with Gasteiger partial charge in [-0.1, -0.05) is 18.2 Å². The minimum Gasteiger partial charge on any atom is -0.493 e. The molecule has 0 heterocycles. The standard InChI is InChI=1S/C16H23NO4/c1-12-7-4-5-8-13(12)21-10-6-9-14(18)17-11-16(2,3)15(19)20/h4-5,7-8H,6,9-11H2,1-3H3,(H,17,18)(H,19,20). The molecule has 0 atom stereocenters. The number of nitrogens with one attached hydrogen (secondary N) is 1. The van der Waals surface area contributed by atoms with Gasteiger partial charge in [-0.25, -0.2) is 0 Å². The maximum atomic E-state index is 11.6. The van der Waals surface area contributed by atoms with Crippen LogP contribution in [0.1, 0.15) is 32.3 Å². The lowest BCUT2D eigenvalue weighted by Crippen LogP contribution is -2.38. The summed E-state index contributed by atoms with van der Waals surface area (Å²) in [6, 6.07) is 7.71. The van der Waals surface area contributed by atoms with E-state index in [-0.39, 0.29) is 12.5 Å². The number of carbonyl (C=O) groups excluding carboxylic acids is 1. The van der Waals surface area contributed by atoms with Crippen molar-refractivity contribution in [3.05, 3.63) is 29.8 Å². The fourth-order valence-corrected chi connectivity index (χ4v) is 1.62. The summed E-state index contributed by atoms with van der Waals surface area (Å²) in [4.78, 5) is 22.5. The van der Waals surface area contributed by atoms with Crippen molar-refractivity contribution in [3.63, 3.8) is 0 Å². The SMILES string of the molecule is Cc1ccccc1OCCCC(=O)NCC(C)(C)C(=O)O. The number of benzene rings is 1. The number of hydrogen-bond donors (Lipinski definition) is 2. The van der Waals surface area contributed by atoms with Gasteiger partial charge in [0.1, 0.15) is 5.75 Å². The number of rotatable bonds is 8. The molecule has 0 spiro atoms. The lowest BCUT2D eigenvalue weighted by molar-refractivity contribution is -0.146. The molecule has 0 radical (unpaired) electrons. The van der Waals surface area contributed by atoms with Crippen LogP contribution in [0.25, 0.3) is 0 Å². The lowest BCUT2D eigenvalue weighted by Gasteiger charge is -2.19. The van der Waals surface area contributed by atoms with E-state index in [1.807, 2.05) is 31.2 Å². The predicted octanol–water partition coefficient (Wildman–Crippen LogP) is 2.38. The van der Waals surface area contributed by atoms with Gasteiger partial charge in [-0.05, 0) is 38.8 Å². The molecule has 1 aromatic rings. The molecule has 0 saturated carbocycles. The predicted molar refractivity (Wildman–Crippen MR) is 80.3 cm³/mol. The Balaban J connectivity index is 2.23. The average Bonchev–Trinajstić information content (AvgIpc) is 2.43. The van der Waals surface area contributed by atoms with Crippen LogP contribution in [0.3, 0.4) is 0 Å². The fraction of sp³-hybridized carbons (Fsp3) is 0.500. The molecule has 0 bridgehead atoms. The van der Waals surface area contributed by atoms with Crippen LogP contribution in [0.15, 0.2) is 24.3 Å². The Hall–Kier alpha value is -2.04. The smallest absolute Gasteiger partial charge is 0.310 e. The molecule has 21 heavy (non-hydrogen) atoms. The van der Waals surface area contributed by atoms with E-state index in [4.69, 9.17) is 9.84 Å². The van der Waals surface area contributed by atoms with Crippen LogP contribution in [-0.2, 0) is 9.59 Å². The van der Waals surface area contributed by atoms with Crippen LogP contribution in [0, 0.1) is 12.3 Å². The number of ether oxygens (including phenoxy) is 1. The number of carboxylic acids is 1. The molecule has 5 heteroatoms. The van der Waals surface area contributed by atoms with Crippen LogP contribution in [0.2, 0.25) is 0 Å². The van der Waals surface area contributed by atoms with E-state index >= 15 is 0 Å². The highest BCUT2D eigenvalue weighted by molar-refractivity contribution is 5.78. The molecule has 0 unspecified atom stereocenters. The van der Waals surface area contributed by atoms with Crippen molar-refractivity contribution < 1.29 is 19.4 Å². The largest absolute Gasteiger partial charge is 0.493 e. The monoisotopic (exact) mass is 293 g/mol. The summed E-state index contributed by atoms with van der Waals surface area (Å²) in [5, 5.41) is 11.6. The molecule has 0 aromatic heterocycles. The third kappa shape index (κ3) is 5.85. The van der Waals surface area contributed by atoms with E-state index in [1.54, 1.807) is 13.8 Å². The topological polar surface area (TPSA) is 75.6 Å². The molecule has 0 fully saturated rings. The van der Waals surface area contributed by atoms with E-state index in [0.29, 0.717) is 19.4 Å². The van der Waals surface area contributed by atoms with Crippen LogP contribution in [0.4, 0.5) is 0 Å². The summed E-state index contributed by atoms with van der Waals surface area (Å²) < 4.78 is 5.60. The summed E-state index contributed by atoms with van der Waals surface area (Å²) in [6.07, 6.45) is 0.912. The minimum atomic E-state index is -0.951. The highest BCUT2D eigenvalue weighted by Crippen LogP contribution is 2.16. The Morgan fingerprint density at radius 1 is 1.29 bits per heavy atom. The van der Waals surface area contributed by atoms with Gasteiger partial charge in [-0.3, -0.25) is 9.59 Å². The Kier molecular flexibility index (Phi) is 6.21. The van der Waals surface area contributed by atoms with Gasteiger partial charge in [0.25, 0.3) is 0 Å². The van der Waals surface area contributed by atoms with Crippen molar-refractivity contribution in [2.45, 2.75) is 33.6 Å². The highest BCUT2D eigenvalue weighted by Gasteiger charge is 2.27. The van der Waals surface area contributed by atoms with Crippen LogP contribution in [0.5, 0.6) is 5.75 Å². The van der Waals surface area contributed by atoms with Crippen molar-refractivity contribution in [2.24, 2.45) is 5.41 Å². The van der Waals surface area contributed by atoms with Gasteiger partial charge in [-0.2, -0.15) is 0 Å². The number of carboxylic acid groups (broad SMARTS) is 1. The summed E-state index contributed by atoms with van der Waals surface area (Å²) in [7, 11) is 0. The first-order valence-electron chi connectivity index (χ1n) is 7.01. The minimum absolute atomic E-state index is 0.125. The number of amides is 1. The molecule has 1 amide bonds. The van der Waals surface area contributed by atoms with Crippen LogP contribution in [-0.4, -0.2) is 30.1 Å². The Morgan fingerprint density at radius 2 is 1.95 bits per heavy atom. The van der Waals surface area contributed by atoms with Gasteiger partial charge in [0.15, 0.2) is 0 Å². The van der Waals surface area contributed by atoms with E-state index in [9.17, 15) is 9.59 Å². The highest BCUT2D eigenvalue weighted by atomic mass is 16.5. The summed E-state index contributed by atoms with van der Waals surface area (Å²) >= 11 is 0.